The molecular formula is C12H32N6Ti. The summed E-state index contributed by atoms with van der Waals surface area (Å²) < 4.78 is 0. The number of guanidine groups is 1. The van der Waals surface area contributed by atoms with Crippen molar-refractivity contribution in [1.82, 2.24) is 4.90 Å². The second-order valence-electron chi connectivity index (χ2n) is 3.23. The average molecular weight is 308 g/mol. The number of aliphatic imine (C=N–C) groups is 1. The first-order chi connectivity index (χ1) is 8.46. The minimum absolute atomic E-state index is 0. The van der Waals surface area contributed by atoms with Crippen molar-refractivity contribution in [2.24, 2.45) is 4.99 Å². The molecule has 0 fully saturated rings. The second-order valence-corrected chi connectivity index (χ2v) is 3.23. The first-order valence-corrected chi connectivity index (χ1v) is 5.72. The standard InChI is InChI=1S/C6H14N3.3C2H6N.Ti/c1-5-8-6(7-2)9(3)4;3*1-3-2;/h5H2,1-4H3;3*1-2H3;/q4*-1;+4. The molecule has 0 unspecified atom stereocenters. The van der Waals surface area contributed by atoms with Gasteiger partial charge in [0.25, 0.3) is 0 Å². The zero-order valence-electron chi connectivity index (χ0n) is 14.4. The topological polar surface area (TPSA) is 72.0 Å². The molecule has 7 heteroatoms. The van der Waals surface area contributed by atoms with E-state index in [1.807, 2.05) is 25.9 Å². The summed E-state index contributed by atoms with van der Waals surface area (Å²) in [5.41, 5.74) is 0. The zero-order valence-corrected chi connectivity index (χ0v) is 16.0. The summed E-state index contributed by atoms with van der Waals surface area (Å²) in [5.74, 6) is 0.803. The molecule has 0 atom stereocenters. The fourth-order valence-corrected chi connectivity index (χ4v) is 0.554. The third-order valence-electron chi connectivity index (χ3n) is 0.900. The third-order valence-corrected chi connectivity index (χ3v) is 0.900. The van der Waals surface area contributed by atoms with Crippen molar-refractivity contribution in [2.75, 3.05) is 70.0 Å². The van der Waals surface area contributed by atoms with E-state index in [0.29, 0.717) is 0 Å². The van der Waals surface area contributed by atoms with E-state index in [4.69, 9.17) is 0 Å². The van der Waals surface area contributed by atoms with E-state index in [2.05, 4.69) is 26.3 Å². The van der Waals surface area contributed by atoms with Crippen LogP contribution in [-0.4, -0.2) is 80.8 Å². The Morgan fingerprint density at radius 3 is 1.16 bits per heavy atom. The van der Waals surface area contributed by atoms with Gasteiger partial charge in [-0.05, 0) is 27.7 Å². The summed E-state index contributed by atoms with van der Waals surface area (Å²) >= 11 is 0. The molecule has 0 rings (SSSR count). The normalized spacial score (nSPS) is 8.21. The van der Waals surface area contributed by atoms with Crippen LogP contribution < -0.4 is 0 Å². The summed E-state index contributed by atoms with van der Waals surface area (Å²) in [6.07, 6.45) is 0. The van der Waals surface area contributed by atoms with Gasteiger partial charge in [-0.3, -0.25) is 0 Å². The molecule has 6 nitrogen and oxygen atoms in total. The molecule has 0 heterocycles. The summed E-state index contributed by atoms with van der Waals surface area (Å²) in [6, 6.07) is 0. The molecule has 0 amide bonds. The number of hydrogen-bond donors (Lipinski definition) is 0. The van der Waals surface area contributed by atoms with Crippen molar-refractivity contribution in [2.45, 2.75) is 6.92 Å². The Morgan fingerprint density at radius 2 is 1.11 bits per heavy atom. The molecule has 0 radical (unpaired) electrons. The number of hydrogen-bond acceptors (Lipinski definition) is 1. The number of nitrogens with zero attached hydrogens (tertiary/aromatic N) is 6. The monoisotopic (exact) mass is 308 g/mol. The van der Waals surface area contributed by atoms with Crippen LogP contribution in [0, 0.1) is 0 Å². The van der Waals surface area contributed by atoms with Gasteiger partial charge in [-0.2, -0.15) is 42.3 Å². The molecule has 0 bridgehead atoms. The molecule has 0 aromatic heterocycles. The van der Waals surface area contributed by atoms with Gasteiger partial charge in [0.2, 0.25) is 0 Å². The maximum absolute atomic E-state index is 4.12. The van der Waals surface area contributed by atoms with Crippen molar-refractivity contribution in [3.63, 3.8) is 0 Å². The smallest absolute Gasteiger partial charge is 0.668 e. The SMILES string of the molecule is CCN=C([N-]C)N(C)C.C[N-]C.C[N-]C.C[N-]C.[Ti+4]. The maximum Gasteiger partial charge on any atom is 4.00 e. The van der Waals surface area contributed by atoms with Crippen LogP contribution in [0.3, 0.4) is 0 Å². The Labute approximate surface area is 136 Å². The maximum atomic E-state index is 4.12. The Kier molecular flexibility index (Phi) is 59.5. The molecule has 0 aliphatic carbocycles. The molecule has 0 aromatic carbocycles. The molecule has 114 valence electrons. The van der Waals surface area contributed by atoms with Crippen molar-refractivity contribution >= 4 is 5.96 Å². The van der Waals surface area contributed by atoms with Crippen LogP contribution in [0.4, 0.5) is 0 Å². The van der Waals surface area contributed by atoms with E-state index in [-0.39, 0.29) is 21.7 Å². The molecule has 0 aromatic rings. The number of rotatable bonds is 1. The van der Waals surface area contributed by atoms with Gasteiger partial charge >= 0.3 is 21.7 Å². The van der Waals surface area contributed by atoms with E-state index in [1.54, 1.807) is 49.3 Å². The Morgan fingerprint density at radius 1 is 0.842 bits per heavy atom. The predicted octanol–water partition coefficient (Wildman–Crippen LogP) is 2.78. The summed E-state index contributed by atoms with van der Waals surface area (Å²) in [5, 5.41) is 14.5. The van der Waals surface area contributed by atoms with Gasteiger partial charge < -0.3 is 31.2 Å². The molecule has 0 aliphatic rings. The first-order valence-electron chi connectivity index (χ1n) is 5.72. The van der Waals surface area contributed by atoms with E-state index in [9.17, 15) is 0 Å². The summed E-state index contributed by atoms with van der Waals surface area (Å²) in [7, 11) is 16.1. The van der Waals surface area contributed by atoms with Gasteiger partial charge in [-0.15, -0.1) is 0 Å². The van der Waals surface area contributed by atoms with Gasteiger partial charge in [0, 0.05) is 5.96 Å². The van der Waals surface area contributed by atoms with Crippen molar-refractivity contribution in [1.29, 1.82) is 0 Å². The summed E-state index contributed by atoms with van der Waals surface area (Å²) in [6.45, 7) is 2.79. The Balaban J connectivity index is -0.0000000548. The Hall–Kier alpha value is -0.136. The fraction of sp³-hybridized carbons (Fsp3) is 0.917. The second kappa shape index (κ2) is 36.1. The van der Waals surface area contributed by atoms with Gasteiger partial charge in [0.1, 0.15) is 0 Å². The minimum atomic E-state index is 0. The third kappa shape index (κ3) is 57.2. The van der Waals surface area contributed by atoms with E-state index in [1.165, 1.54) is 0 Å². The molecule has 0 spiro atoms. The molecule has 19 heavy (non-hydrogen) atoms. The van der Waals surface area contributed by atoms with Crippen LogP contribution in [0.1, 0.15) is 6.92 Å². The van der Waals surface area contributed by atoms with Gasteiger partial charge in [-0.25, -0.2) is 0 Å². The molecule has 0 saturated heterocycles. The quantitative estimate of drug-likeness (QED) is 0.417. The Bertz CT molecular complexity index is 137. The van der Waals surface area contributed by atoms with E-state index < -0.39 is 0 Å². The van der Waals surface area contributed by atoms with Gasteiger partial charge in [0.05, 0.1) is 0 Å². The van der Waals surface area contributed by atoms with Crippen LogP contribution in [0.15, 0.2) is 4.99 Å². The van der Waals surface area contributed by atoms with Crippen molar-refractivity contribution in [3.05, 3.63) is 21.3 Å². The zero-order chi connectivity index (χ0) is 15.4. The van der Waals surface area contributed by atoms with Gasteiger partial charge in [-0.1, -0.05) is 6.92 Å². The minimum Gasteiger partial charge on any atom is -0.668 e. The fourth-order valence-electron chi connectivity index (χ4n) is 0.554. The van der Waals surface area contributed by atoms with Crippen LogP contribution in [0.2, 0.25) is 0 Å². The summed E-state index contributed by atoms with van der Waals surface area (Å²) in [4.78, 5) is 6.01. The van der Waals surface area contributed by atoms with E-state index >= 15 is 0 Å². The first kappa shape index (κ1) is 31.3. The average Bonchev–Trinajstić information content (AvgIpc) is 2.28. The molecule has 0 saturated carbocycles. The van der Waals surface area contributed by atoms with Crippen LogP contribution in [-0.2, 0) is 21.7 Å². The van der Waals surface area contributed by atoms with Crippen LogP contribution in [0.25, 0.3) is 21.3 Å². The van der Waals surface area contributed by atoms with Crippen LogP contribution in [0.5, 0.6) is 0 Å². The van der Waals surface area contributed by atoms with Crippen molar-refractivity contribution < 1.29 is 21.7 Å². The van der Waals surface area contributed by atoms with Crippen LogP contribution >= 0.6 is 0 Å². The predicted molar refractivity (Wildman–Crippen MR) is 86.6 cm³/mol. The van der Waals surface area contributed by atoms with E-state index in [0.717, 1.165) is 12.5 Å². The molecule has 0 aliphatic heterocycles. The molecule has 0 N–H and O–H groups in total. The van der Waals surface area contributed by atoms with Gasteiger partial charge in [0.15, 0.2) is 0 Å². The molecular weight excluding hydrogens is 276 g/mol. The largest absolute Gasteiger partial charge is 4.00 e. The van der Waals surface area contributed by atoms with Crippen molar-refractivity contribution in [3.8, 4) is 0 Å².